The SMILES string of the molecule is CCCCCCCCCCCCCCCCCCN(CCCCCCCCCCCCCCCCCC)C(=O)Cn1cc(C)c(=O)[nH]c1=O. The average Bonchev–Trinajstić information content (AvgIpc) is 3.09. The van der Waals surface area contributed by atoms with Crippen molar-refractivity contribution in [3.8, 4) is 0 Å². The molecule has 0 aliphatic carbocycles. The summed E-state index contributed by atoms with van der Waals surface area (Å²) in [7, 11) is 0. The van der Waals surface area contributed by atoms with Crippen LogP contribution in [0.15, 0.2) is 15.8 Å². The highest BCUT2D eigenvalue weighted by atomic mass is 16.2. The van der Waals surface area contributed by atoms with E-state index in [4.69, 9.17) is 0 Å². The second-order valence-corrected chi connectivity index (χ2v) is 15.2. The summed E-state index contributed by atoms with van der Waals surface area (Å²) in [6, 6.07) is 0. The third-order valence-electron chi connectivity index (χ3n) is 10.4. The number of nitrogens with zero attached hydrogens (tertiary/aromatic N) is 2. The Kier molecular flexibility index (Phi) is 30.7. The van der Waals surface area contributed by atoms with Crippen molar-refractivity contribution in [2.45, 2.75) is 233 Å². The molecule has 0 aromatic carbocycles. The first kappa shape index (κ1) is 45.2. The zero-order valence-corrected chi connectivity index (χ0v) is 32.9. The van der Waals surface area contributed by atoms with E-state index in [1.165, 1.54) is 191 Å². The van der Waals surface area contributed by atoms with Gasteiger partial charge in [-0.05, 0) is 19.8 Å². The molecule has 1 rings (SSSR count). The fourth-order valence-electron chi connectivity index (χ4n) is 7.04. The summed E-state index contributed by atoms with van der Waals surface area (Å²) in [4.78, 5) is 41.7. The van der Waals surface area contributed by atoms with Crippen LogP contribution in [-0.2, 0) is 11.3 Å². The molecule has 1 aromatic rings. The molecule has 6 nitrogen and oxygen atoms in total. The molecule has 0 unspecified atom stereocenters. The Labute approximate surface area is 303 Å². The quantitative estimate of drug-likeness (QED) is 0.0713. The minimum atomic E-state index is -0.506. The van der Waals surface area contributed by atoms with Gasteiger partial charge in [0.2, 0.25) is 5.91 Å². The Bertz CT molecular complexity index is 965. The van der Waals surface area contributed by atoms with Crippen molar-refractivity contribution < 1.29 is 4.79 Å². The lowest BCUT2D eigenvalue weighted by Crippen LogP contribution is -2.39. The lowest BCUT2D eigenvalue weighted by Gasteiger charge is -2.23. The molecule has 49 heavy (non-hydrogen) atoms. The van der Waals surface area contributed by atoms with Crippen molar-refractivity contribution in [2.24, 2.45) is 0 Å². The van der Waals surface area contributed by atoms with Crippen molar-refractivity contribution in [3.05, 3.63) is 32.6 Å². The highest BCUT2D eigenvalue weighted by molar-refractivity contribution is 5.76. The van der Waals surface area contributed by atoms with Crippen molar-refractivity contribution in [3.63, 3.8) is 0 Å². The molecular formula is C43H81N3O3. The third kappa shape index (κ3) is 26.6. The molecule has 1 amide bonds. The van der Waals surface area contributed by atoms with E-state index in [0.29, 0.717) is 5.56 Å². The molecule has 0 bridgehead atoms. The lowest BCUT2D eigenvalue weighted by molar-refractivity contribution is -0.132. The van der Waals surface area contributed by atoms with Gasteiger partial charge in [0.25, 0.3) is 5.56 Å². The van der Waals surface area contributed by atoms with Crippen LogP contribution in [0.5, 0.6) is 0 Å². The van der Waals surface area contributed by atoms with Crippen LogP contribution < -0.4 is 11.2 Å². The van der Waals surface area contributed by atoms with Crippen molar-refractivity contribution in [1.29, 1.82) is 0 Å². The van der Waals surface area contributed by atoms with Crippen LogP contribution in [0.2, 0.25) is 0 Å². The number of hydrogen-bond donors (Lipinski definition) is 1. The van der Waals surface area contributed by atoms with Gasteiger partial charge in [0.15, 0.2) is 0 Å². The maximum atomic E-state index is 13.3. The number of H-pyrrole nitrogens is 1. The fraction of sp³-hybridized carbons (Fsp3) is 0.884. The fourth-order valence-corrected chi connectivity index (χ4v) is 7.04. The van der Waals surface area contributed by atoms with Crippen LogP contribution in [0, 0.1) is 6.92 Å². The van der Waals surface area contributed by atoms with Crippen LogP contribution in [0.4, 0.5) is 0 Å². The highest BCUT2D eigenvalue weighted by Gasteiger charge is 2.15. The lowest BCUT2D eigenvalue weighted by atomic mass is 10.0. The normalized spacial score (nSPS) is 11.4. The predicted molar refractivity (Wildman–Crippen MR) is 212 cm³/mol. The maximum absolute atomic E-state index is 13.3. The Hall–Kier alpha value is -1.85. The smallest absolute Gasteiger partial charge is 0.328 e. The number of carbonyl (C=O) groups excluding carboxylic acids is 1. The minimum absolute atomic E-state index is 0.00579. The Morgan fingerprint density at radius 2 is 0.796 bits per heavy atom. The molecular weight excluding hydrogens is 606 g/mol. The molecule has 1 aromatic heterocycles. The first-order valence-electron chi connectivity index (χ1n) is 21.6. The van der Waals surface area contributed by atoms with Crippen LogP contribution >= 0.6 is 0 Å². The van der Waals surface area contributed by atoms with Gasteiger partial charge in [0.1, 0.15) is 6.54 Å². The van der Waals surface area contributed by atoms with Crippen molar-refractivity contribution in [1.82, 2.24) is 14.5 Å². The second kappa shape index (κ2) is 33.3. The monoisotopic (exact) mass is 688 g/mol. The summed E-state index contributed by atoms with van der Waals surface area (Å²) in [5.74, 6) is -0.0181. The van der Waals surface area contributed by atoms with Gasteiger partial charge >= 0.3 is 5.69 Å². The number of aromatic amines is 1. The van der Waals surface area contributed by atoms with E-state index < -0.39 is 5.69 Å². The van der Waals surface area contributed by atoms with E-state index in [9.17, 15) is 14.4 Å². The summed E-state index contributed by atoms with van der Waals surface area (Å²) >= 11 is 0. The number of unbranched alkanes of at least 4 members (excludes halogenated alkanes) is 30. The molecule has 0 radical (unpaired) electrons. The number of aromatic nitrogens is 2. The number of aryl methyl sites for hydroxylation is 1. The van der Waals surface area contributed by atoms with Gasteiger partial charge in [-0.2, -0.15) is 0 Å². The first-order valence-corrected chi connectivity index (χ1v) is 21.6. The molecule has 0 saturated heterocycles. The molecule has 0 aliphatic heterocycles. The Morgan fingerprint density at radius 3 is 1.10 bits per heavy atom. The number of hydrogen-bond acceptors (Lipinski definition) is 3. The predicted octanol–water partition coefficient (Wildman–Crippen LogP) is 12.2. The number of nitrogens with one attached hydrogen (secondary N) is 1. The van der Waals surface area contributed by atoms with Crippen LogP contribution in [0.3, 0.4) is 0 Å². The number of amides is 1. The summed E-state index contributed by atoms with van der Waals surface area (Å²) in [5.41, 5.74) is -0.435. The molecule has 0 atom stereocenters. The first-order chi connectivity index (χ1) is 24.0. The Balaban J connectivity index is 2.23. The summed E-state index contributed by atoms with van der Waals surface area (Å²) < 4.78 is 1.35. The molecule has 286 valence electrons. The zero-order chi connectivity index (χ0) is 35.6. The van der Waals surface area contributed by atoms with E-state index in [1.807, 2.05) is 4.90 Å². The molecule has 0 fully saturated rings. The van der Waals surface area contributed by atoms with E-state index in [2.05, 4.69) is 18.8 Å². The summed E-state index contributed by atoms with van der Waals surface area (Å²) in [6.45, 7) is 7.74. The van der Waals surface area contributed by atoms with E-state index in [0.717, 1.165) is 38.8 Å². The zero-order valence-electron chi connectivity index (χ0n) is 32.9. The largest absolute Gasteiger partial charge is 0.341 e. The Morgan fingerprint density at radius 1 is 0.510 bits per heavy atom. The van der Waals surface area contributed by atoms with Crippen LogP contribution in [0.1, 0.15) is 225 Å². The standard InChI is InChI=1S/C43H81N3O3/c1-4-6-8-10-12-14-16-18-20-22-24-26-28-30-32-34-36-45(41(47)39-46-38-40(3)42(48)44-43(46)49)37-35-33-31-29-27-25-23-21-19-17-15-13-11-9-7-5-2/h38H,4-37,39H2,1-3H3,(H,44,48,49). The molecule has 6 heteroatoms. The topological polar surface area (TPSA) is 75.2 Å². The molecule has 0 saturated carbocycles. The second-order valence-electron chi connectivity index (χ2n) is 15.2. The molecule has 0 aliphatic rings. The maximum Gasteiger partial charge on any atom is 0.328 e. The van der Waals surface area contributed by atoms with Gasteiger partial charge < -0.3 is 4.90 Å². The van der Waals surface area contributed by atoms with Crippen LogP contribution in [0.25, 0.3) is 0 Å². The molecule has 1 heterocycles. The summed E-state index contributed by atoms with van der Waals surface area (Å²) in [5, 5.41) is 0. The minimum Gasteiger partial charge on any atom is -0.341 e. The number of rotatable bonds is 36. The van der Waals surface area contributed by atoms with Crippen molar-refractivity contribution in [2.75, 3.05) is 13.1 Å². The van der Waals surface area contributed by atoms with Crippen LogP contribution in [-0.4, -0.2) is 33.4 Å². The third-order valence-corrected chi connectivity index (χ3v) is 10.4. The van der Waals surface area contributed by atoms with Gasteiger partial charge in [-0.3, -0.25) is 19.1 Å². The van der Waals surface area contributed by atoms with E-state index in [-0.39, 0.29) is 18.0 Å². The number of carbonyl (C=O) groups is 1. The van der Waals surface area contributed by atoms with Gasteiger partial charge in [0, 0.05) is 24.8 Å². The van der Waals surface area contributed by atoms with Gasteiger partial charge in [-0.15, -0.1) is 0 Å². The molecule has 0 spiro atoms. The van der Waals surface area contributed by atoms with E-state index in [1.54, 1.807) is 6.92 Å². The van der Waals surface area contributed by atoms with Crippen molar-refractivity contribution >= 4 is 5.91 Å². The van der Waals surface area contributed by atoms with E-state index >= 15 is 0 Å². The highest BCUT2D eigenvalue weighted by Crippen LogP contribution is 2.16. The molecule has 1 N–H and O–H groups in total. The summed E-state index contributed by atoms with van der Waals surface area (Å²) in [6.07, 6.45) is 44.3. The van der Waals surface area contributed by atoms with Gasteiger partial charge in [-0.1, -0.05) is 206 Å². The van der Waals surface area contributed by atoms with Gasteiger partial charge in [0.05, 0.1) is 0 Å². The average molecular weight is 688 g/mol. The van der Waals surface area contributed by atoms with Gasteiger partial charge in [-0.25, -0.2) is 4.79 Å².